The highest BCUT2D eigenvalue weighted by molar-refractivity contribution is 7.16. The van der Waals surface area contributed by atoms with Crippen LogP contribution in [0.4, 0.5) is 5.00 Å². The van der Waals surface area contributed by atoms with Gasteiger partial charge in [-0.25, -0.2) is 0 Å². The van der Waals surface area contributed by atoms with E-state index < -0.39 is 0 Å². The molecule has 2 aliphatic heterocycles. The third kappa shape index (κ3) is 2.00. The molecule has 0 saturated carbocycles. The molecule has 1 aromatic heterocycles. The number of carbonyl (C=O) groups is 1. The molecule has 98 valence electrons. The smallest absolute Gasteiger partial charge is 0.257 e. The van der Waals surface area contributed by atoms with Crippen LogP contribution >= 0.6 is 11.3 Å². The van der Waals surface area contributed by atoms with Gasteiger partial charge in [-0.2, -0.15) is 0 Å². The van der Waals surface area contributed by atoms with Crippen molar-refractivity contribution in [2.75, 3.05) is 38.6 Å². The van der Waals surface area contributed by atoms with E-state index in [-0.39, 0.29) is 5.91 Å². The molecule has 0 radical (unpaired) electrons. The van der Waals surface area contributed by atoms with Crippen LogP contribution in [-0.4, -0.2) is 43.7 Å². The topological polar surface area (TPSA) is 67.6 Å². The number of nitrogen functional groups attached to an aromatic ring is 1. The van der Waals surface area contributed by atoms with Gasteiger partial charge < -0.3 is 20.7 Å². The lowest BCUT2D eigenvalue weighted by Crippen LogP contribution is -2.41. The summed E-state index contributed by atoms with van der Waals surface area (Å²) in [6.45, 7) is 4.34. The maximum atomic E-state index is 12.5. The van der Waals surface area contributed by atoms with Gasteiger partial charge in [-0.15, -0.1) is 11.3 Å². The molecule has 3 rings (SSSR count). The maximum absolute atomic E-state index is 12.5. The highest BCUT2D eigenvalue weighted by atomic mass is 32.1. The number of fused-ring (bicyclic) bond motifs is 1. The molecule has 0 atom stereocenters. The minimum atomic E-state index is 0.0789. The van der Waals surface area contributed by atoms with Crippen molar-refractivity contribution in [2.24, 2.45) is 0 Å². The quantitative estimate of drug-likeness (QED) is 0.775. The third-order valence-corrected chi connectivity index (χ3v) is 4.53. The maximum Gasteiger partial charge on any atom is 0.257 e. The lowest BCUT2D eigenvalue weighted by atomic mass is 10.0. The molecule has 3 heterocycles. The molecule has 2 aliphatic rings. The largest absolute Gasteiger partial charge is 0.390 e. The summed E-state index contributed by atoms with van der Waals surface area (Å²) < 4.78 is 5.28. The molecule has 1 amide bonds. The van der Waals surface area contributed by atoms with Crippen molar-refractivity contribution < 1.29 is 9.53 Å². The van der Waals surface area contributed by atoms with Crippen molar-refractivity contribution in [1.82, 2.24) is 10.2 Å². The van der Waals surface area contributed by atoms with E-state index in [1.165, 1.54) is 4.88 Å². The summed E-state index contributed by atoms with van der Waals surface area (Å²) in [6.07, 6.45) is 0.897. The molecule has 3 N–H and O–H groups in total. The van der Waals surface area contributed by atoms with Gasteiger partial charge in [-0.05, 0) is 18.5 Å². The van der Waals surface area contributed by atoms with Gasteiger partial charge in [0.05, 0.1) is 23.8 Å². The molecule has 18 heavy (non-hydrogen) atoms. The first kappa shape index (κ1) is 12.0. The molecular formula is C12H17N3O2S. The minimum Gasteiger partial charge on any atom is -0.390 e. The van der Waals surface area contributed by atoms with Gasteiger partial charge in [0.15, 0.2) is 0 Å². The van der Waals surface area contributed by atoms with Crippen molar-refractivity contribution in [3.05, 3.63) is 16.0 Å². The first-order chi connectivity index (χ1) is 8.77. The number of thiophene rings is 1. The van der Waals surface area contributed by atoms with Crippen LogP contribution in [0, 0.1) is 0 Å². The molecule has 5 nitrogen and oxygen atoms in total. The summed E-state index contributed by atoms with van der Waals surface area (Å²) >= 11 is 1.55. The average Bonchev–Trinajstić information content (AvgIpc) is 2.75. The van der Waals surface area contributed by atoms with Crippen molar-refractivity contribution in [3.63, 3.8) is 0 Å². The van der Waals surface area contributed by atoms with Crippen LogP contribution in [0.3, 0.4) is 0 Å². The van der Waals surface area contributed by atoms with E-state index in [9.17, 15) is 4.79 Å². The zero-order valence-corrected chi connectivity index (χ0v) is 11.0. The van der Waals surface area contributed by atoms with E-state index in [2.05, 4.69) is 5.32 Å². The number of amides is 1. The van der Waals surface area contributed by atoms with E-state index >= 15 is 0 Å². The number of nitrogens with one attached hydrogen (secondary N) is 1. The van der Waals surface area contributed by atoms with E-state index in [0.29, 0.717) is 31.3 Å². The molecule has 0 unspecified atom stereocenters. The van der Waals surface area contributed by atoms with Crippen LogP contribution in [0.15, 0.2) is 0 Å². The summed E-state index contributed by atoms with van der Waals surface area (Å²) in [4.78, 5) is 15.6. The highest BCUT2D eigenvalue weighted by Gasteiger charge is 2.27. The predicted octanol–water partition coefficient (Wildman–Crippen LogP) is 0.448. The Hall–Kier alpha value is -1.11. The molecule has 1 aromatic rings. The molecule has 6 heteroatoms. The Balaban J connectivity index is 1.90. The van der Waals surface area contributed by atoms with Gasteiger partial charge >= 0.3 is 0 Å². The zero-order chi connectivity index (χ0) is 12.5. The van der Waals surface area contributed by atoms with Crippen LogP contribution in [0.1, 0.15) is 20.8 Å². The van der Waals surface area contributed by atoms with Gasteiger partial charge in [-0.3, -0.25) is 4.79 Å². The number of morpholine rings is 1. The van der Waals surface area contributed by atoms with Crippen molar-refractivity contribution in [3.8, 4) is 0 Å². The zero-order valence-electron chi connectivity index (χ0n) is 10.2. The molecule has 0 aliphatic carbocycles. The summed E-state index contributed by atoms with van der Waals surface area (Å²) in [5.41, 5.74) is 7.95. The molecule has 1 saturated heterocycles. The normalized spacial score (nSPS) is 19.7. The number of nitrogens with two attached hydrogens (primary N) is 1. The monoisotopic (exact) mass is 267 g/mol. The van der Waals surface area contributed by atoms with Gasteiger partial charge in [0.25, 0.3) is 5.91 Å². The van der Waals surface area contributed by atoms with Crippen molar-refractivity contribution in [1.29, 1.82) is 0 Å². The van der Waals surface area contributed by atoms with Gasteiger partial charge in [0, 0.05) is 24.5 Å². The average molecular weight is 267 g/mol. The van der Waals surface area contributed by atoms with E-state index in [1.807, 2.05) is 4.90 Å². The lowest BCUT2D eigenvalue weighted by molar-refractivity contribution is 0.0303. The van der Waals surface area contributed by atoms with Crippen molar-refractivity contribution in [2.45, 2.75) is 13.0 Å². The Morgan fingerprint density at radius 3 is 2.94 bits per heavy atom. The van der Waals surface area contributed by atoms with E-state index in [1.54, 1.807) is 11.3 Å². The van der Waals surface area contributed by atoms with Crippen LogP contribution < -0.4 is 11.1 Å². The number of ether oxygens (including phenoxy) is 1. The Bertz CT molecular complexity index is 466. The van der Waals surface area contributed by atoms with Gasteiger partial charge in [-0.1, -0.05) is 0 Å². The number of nitrogens with zero attached hydrogens (tertiary/aromatic N) is 1. The highest BCUT2D eigenvalue weighted by Crippen LogP contribution is 2.34. The fourth-order valence-electron chi connectivity index (χ4n) is 2.52. The Morgan fingerprint density at radius 2 is 2.17 bits per heavy atom. The predicted molar refractivity (Wildman–Crippen MR) is 70.9 cm³/mol. The molecule has 1 fully saturated rings. The second-order valence-electron chi connectivity index (χ2n) is 4.57. The fourth-order valence-corrected chi connectivity index (χ4v) is 3.59. The summed E-state index contributed by atoms with van der Waals surface area (Å²) in [5, 5.41) is 3.98. The SMILES string of the molecule is Nc1sc2c(c1C(=O)N1CCOCC1)CCNC2. The first-order valence-corrected chi connectivity index (χ1v) is 7.07. The number of anilines is 1. The summed E-state index contributed by atoms with van der Waals surface area (Å²) in [5.74, 6) is 0.0789. The first-order valence-electron chi connectivity index (χ1n) is 6.25. The van der Waals surface area contributed by atoms with E-state index in [4.69, 9.17) is 10.5 Å². The second kappa shape index (κ2) is 4.87. The lowest BCUT2D eigenvalue weighted by Gasteiger charge is -2.27. The van der Waals surface area contributed by atoms with Gasteiger partial charge in [0.2, 0.25) is 0 Å². The Morgan fingerprint density at radius 1 is 1.39 bits per heavy atom. The number of hydrogen-bond acceptors (Lipinski definition) is 5. The summed E-state index contributed by atoms with van der Waals surface area (Å²) in [7, 11) is 0. The minimum absolute atomic E-state index is 0.0789. The second-order valence-corrected chi connectivity index (χ2v) is 5.71. The van der Waals surface area contributed by atoms with Crippen LogP contribution in [-0.2, 0) is 17.7 Å². The summed E-state index contributed by atoms with van der Waals surface area (Å²) in [6, 6.07) is 0. The van der Waals surface area contributed by atoms with E-state index in [0.717, 1.165) is 30.6 Å². The molecule has 0 spiro atoms. The standard InChI is InChI=1S/C12H17N3O2S/c13-11-10(8-1-2-14-7-9(8)18-11)12(16)15-3-5-17-6-4-15/h14H,1-7,13H2. The fraction of sp³-hybridized carbons (Fsp3) is 0.583. The Labute approximate surface area is 110 Å². The van der Waals surface area contributed by atoms with Crippen LogP contribution in [0.2, 0.25) is 0 Å². The Kier molecular flexibility index (Phi) is 3.23. The third-order valence-electron chi connectivity index (χ3n) is 3.47. The molecule has 0 bridgehead atoms. The van der Waals surface area contributed by atoms with Crippen LogP contribution in [0.25, 0.3) is 0 Å². The molecule has 0 aromatic carbocycles. The van der Waals surface area contributed by atoms with Crippen molar-refractivity contribution >= 4 is 22.2 Å². The number of hydrogen-bond donors (Lipinski definition) is 2. The van der Waals surface area contributed by atoms with Crippen LogP contribution in [0.5, 0.6) is 0 Å². The van der Waals surface area contributed by atoms with Gasteiger partial charge in [0.1, 0.15) is 0 Å². The molecular weight excluding hydrogens is 250 g/mol. The number of carbonyl (C=O) groups excluding carboxylic acids is 1. The number of rotatable bonds is 1.